The summed E-state index contributed by atoms with van der Waals surface area (Å²) in [6.45, 7) is 0.599. The molecule has 0 unspecified atom stereocenters. The Morgan fingerprint density at radius 3 is 2.73 bits per heavy atom. The predicted molar refractivity (Wildman–Crippen MR) is 102 cm³/mol. The van der Waals surface area contributed by atoms with Crippen molar-refractivity contribution in [3.63, 3.8) is 0 Å². The first-order valence-corrected chi connectivity index (χ1v) is 9.21. The van der Waals surface area contributed by atoms with Gasteiger partial charge in [0.1, 0.15) is 0 Å². The molecule has 2 heterocycles. The van der Waals surface area contributed by atoms with Gasteiger partial charge in [-0.05, 0) is 31.0 Å². The first kappa shape index (κ1) is 16.7. The van der Waals surface area contributed by atoms with E-state index < -0.39 is 0 Å². The number of aromatic nitrogens is 4. The smallest absolute Gasteiger partial charge is 0.274 e. The van der Waals surface area contributed by atoms with Crippen molar-refractivity contribution in [3.05, 3.63) is 58.5 Å². The van der Waals surface area contributed by atoms with Crippen molar-refractivity contribution in [3.8, 4) is 0 Å². The molecular formula is C20H23N5O. The van der Waals surface area contributed by atoms with Crippen LogP contribution in [0.15, 0.2) is 41.6 Å². The molecule has 0 atom stereocenters. The van der Waals surface area contributed by atoms with Crippen LogP contribution in [0.5, 0.6) is 0 Å². The number of rotatable bonds is 4. The van der Waals surface area contributed by atoms with Gasteiger partial charge in [0.2, 0.25) is 0 Å². The lowest BCUT2D eigenvalue weighted by Gasteiger charge is -2.20. The lowest BCUT2D eigenvalue weighted by molar-refractivity contribution is 0.435. The third-order valence-corrected chi connectivity index (χ3v) is 5.17. The fraction of sp³-hybridized carbons (Fsp3) is 0.400. The van der Waals surface area contributed by atoms with Crippen molar-refractivity contribution in [2.75, 3.05) is 5.32 Å². The van der Waals surface area contributed by atoms with Crippen LogP contribution < -0.4 is 10.9 Å². The second-order valence-corrected chi connectivity index (χ2v) is 7.00. The molecule has 0 bridgehead atoms. The fourth-order valence-electron chi connectivity index (χ4n) is 3.61. The van der Waals surface area contributed by atoms with Gasteiger partial charge in [-0.3, -0.25) is 14.8 Å². The Balaban J connectivity index is 1.44. The Bertz CT molecular complexity index is 958. The summed E-state index contributed by atoms with van der Waals surface area (Å²) >= 11 is 0. The maximum absolute atomic E-state index is 12.0. The van der Waals surface area contributed by atoms with Crippen LogP contribution in [-0.2, 0) is 13.6 Å². The number of fused-ring (bicyclic) bond motifs is 1. The van der Waals surface area contributed by atoms with Crippen LogP contribution in [0.25, 0.3) is 10.8 Å². The zero-order chi connectivity index (χ0) is 17.9. The van der Waals surface area contributed by atoms with Gasteiger partial charge < -0.3 is 5.32 Å². The number of nitrogens with one attached hydrogen (secondary N) is 1. The highest BCUT2D eigenvalue weighted by Gasteiger charge is 2.16. The van der Waals surface area contributed by atoms with Crippen molar-refractivity contribution in [1.29, 1.82) is 0 Å². The van der Waals surface area contributed by atoms with Crippen molar-refractivity contribution >= 4 is 16.5 Å². The lowest BCUT2D eigenvalue weighted by atomic mass is 9.87. The molecule has 2 aromatic heterocycles. The quantitative estimate of drug-likeness (QED) is 0.782. The number of benzene rings is 1. The normalized spacial score (nSPS) is 15.3. The van der Waals surface area contributed by atoms with E-state index in [1.54, 1.807) is 13.2 Å². The van der Waals surface area contributed by atoms with E-state index in [-0.39, 0.29) is 5.56 Å². The highest BCUT2D eigenvalue weighted by Crippen LogP contribution is 2.31. The number of hydrogen-bond acceptors (Lipinski definition) is 5. The van der Waals surface area contributed by atoms with E-state index in [1.165, 1.54) is 36.8 Å². The number of aryl methyl sites for hydroxylation is 1. The molecule has 0 saturated heterocycles. The summed E-state index contributed by atoms with van der Waals surface area (Å²) in [4.78, 5) is 21.2. The van der Waals surface area contributed by atoms with Crippen LogP contribution in [0.1, 0.15) is 49.4 Å². The molecule has 1 aliphatic carbocycles. The summed E-state index contributed by atoms with van der Waals surface area (Å²) in [7, 11) is 1.66. The Morgan fingerprint density at radius 2 is 1.96 bits per heavy atom. The molecule has 0 spiro atoms. The molecule has 134 valence electrons. The van der Waals surface area contributed by atoms with E-state index in [2.05, 4.69) is 20.4 Å². The number of hydrogen-bond donors (Lipinski definition) is 1. The standard InChI is InChI=1S/C20H23N5O/c1-25-20(26)18-8-7-16(9-15(18)10-24-25)21-11-17-12-23-19(13-22-17)14-5-3-2-4-6-14/h7-10,12-14,21H,2-6,11H2,1H3. The second-order valence-electron chi connectivity index (χ2n) is 7.00. The second kappa shape index (κ2) is 7.23. The maximum Gasteiger partial charge on any atom is 0.274 e. The van der Waals surface area contributed by atoms with Crippen molar-refractivity contribution in [1.82, 2.24) is 19.7 Å². The van der Waals surface area contributed by atoms with E-state index in [1.807, 2.05) is 30.6 Å². The van der Waals surface area contributed by atoms with Crippen molar-refractivity contribution in [2.45, 2.75) is 44.6 Å². The highest BCUT2D eigenvalue weighted by molar-refractivity contribution is 5.84. The molecule has 1 aliphatic rings. The molecule has 1 N–H and O–H groups in total. The van der Waals surface area contributed by atoms with E-state index in [4.69, 9.17) is 0 Å². The summed E-state index contributed by atoms with van der Waals surface area (Å²) in [6.07, 6.45) is 11.9. The molecule has 3 aromatic rings. The molecule has 0 amide bonds. The molecule has 0 aliphatic heterocycles. The molecule has 6 nitrogen and oxygen atoms in total. The largest absolute Gasteiger partial charge is 0.379 e. The molecule has 4 rings (SSSR count). The predicted octanol–water partition coefficient (Wildman–Crippen LogP) is 3.38. The minimum absolute atomic E-state index is 0.0850. The van der Waals surface area contributed by atoms with Gasteiger partial charge in [0.05, 0.1) is 35.7 Å². The van der Waals surface area contributed by atoms with Crippen LogP contribution in [0.2, 0.25) is 0 Å². The zero-order valence-electron chi connectivity index (χ0n) is 15.0. The Hall–Kier alpha value is -2.76. The van der Waals surface area contributed by atoms with Crippen molar-refractivity contribution < 1.29 is 0 Å². The third-order valence-electron chi connectivity index (χ3n) is 5.17. The summed E-state index contributed by atoms with van der Waals surface area (Å²) in [5, 5.41) is 8.92. The van der Waals surface area contributed by atoms with Crippen LogP contribution in [0.3, 0.4) is 0 Å². The average molecular weight is 349 g/mol. The minimum Gasteiger partial charge on any atom is -0.379 e. The van der Waals surface area contributed by atoms with Gasteiger partial charge >= 0.3 is 0 Å². The van der Waals surface area contributed by atoms with Crippen LogP contribution in [0.4, 0.5) is 5.69 Å². The Kier molecular flexibility index (Phi) is 4.65. The molecule has 26 heavy (non-hydrogen) atoms. The summed E-state index contributed by atoms with van der Waals surface area (Å²) in [5.74, 6) is 0.578. The molecule has 0 radical (unpaired) electrons. The van der Waals surface area contributed by atoms with Gasteiger partial charge in [-0.25, -0.2) is 4.68 Å². The highest BCUT2D eigenvalue weighted by atomic mass is 16.1. The van der Waals surface area contributed by atoms with E-state index in [0.29, 0.717) is 17.8 Å². The Morgan fingerprint density at radius 1 is 1.12 bits per heavy atom. The average Bonchev–Trinajstić information content (AvgIpc) is 2.70. The van der Waals surface area contributed by atoms with Crippen LogP contribution >= 0.6 is 0 Å². The van der Waals surface area contributed by atoms with Crippen LogP contribution in [0, 0.1) is 0 Å². The summed E-state index contributed by atoms with van der Waals surface area (Å²) < 4.78 is 1.35. The van der Waals surface area contributed by atoms with Gasteiger partial charge in [0.25, 0.3) is 5.56 Å². The zero-order valence-corrected chi connectivity index (χ0v) is 15.0. The topological polar surface area (TPSA) is 72.7 Å². The van der Waals surface area contributed by atoms with Gasteiger partial charge in [0, 0.05) is 30.2 Å². The molecular weight excluding hydrogens is 326 g/mol. The molecule has 1 saturated carbocycles. The molecule has 6 heteroatoms. The Labute approximate surface area is 152 Å². The third kappa shape index (κ3) is 3.45. The fourth-order valence-corrected chi connectivity index (χ4v) is 3.61. The van der Waals surface area contributed by atoms with Crippen molar-refractivity contribution in [2.24, 2.45) is 7.05 Å². The minimum atomic E-state index is -0.0850. The van der Waals surface area contributed by atoms with Gasteiger partial charge in [-0.15, -0.1) is 0 Å². The SMILES string of the molecule is Cn1ncc2cc(NCc3cnc(C4CCCCC4)cn3)ccc2c1=O. The summed E-state index contributed by atoms with van der Waals surface area (Å²) in [5.41, 5.74) is 2.89. The van der Waals surface area contributed by atoms with Gasteiger partial charge in [0.15, 0.2) is 0 Å². The van der Waals surface area contributed by atoms with E-state index >= 15 is 0 Å². The van der Waals surface area contributed by atoms with Gasteiger partial charge in [-0.2, -0.15) is 5.10 Å². The number of nitrogens with zero attached hydrogens (tertiary/aromatic N) is 4. The van der Waals surface area contributed by atoms with Gasteiger partial charge in [-0.1, -0.05) is 19.3 Å². The first-order valence-electron chi connectivity index (χ1n) is 9.21. The van der Waals surface area contributed by atoms with E-state index in [9.17, 15) is 4.79 Å². The van der Waals surface area contributed by atoms with Crippen LogP contribution in [-0.4, -0.2) is 19.7 Å². The van der Waals surface area contributed by atoms with E-state index in [0.717, 1.165) is 22.5 Å². The first-order chi connectivity index (χ1) is 12.7. The number of anilines is 1. The molecule has 1 fully saturated rings. The lowest BCUT2D eigenvalue weighted by Crippen LogP contribution is -2.18. The summed E-state index contributed by atoms with van der Waals surface area (Å²) in [6, 6.07) is 5.68. The maximum atomic E-state index is 12.0. The molecule has 1 aromatic carbocycles. The monoisotopic (exact) mass is 349 g/mol.